The summed E-state index contributed by atoms with van der Waals surface area (Å²) < 4.78 is 2.08. The number of aryl methyl sites for hydroxylation is 3. The number of thiophene rings is 1. The molecule has 3 nitrogen and oxygen atoms in total. The van der Waals surface area contributed by atoms with Gasteiger partial charge in [-0.2, -0.15) is 5.10 Å². The summed E-state index contributed by atoms with van der Waals surface area (Å²) in [6.07, 6.45) is 0.944. The van der Waals surface area contributed by atoms with E-state index in [4.69, 9.17) is 5.73 Å². The van der Waals surface area contributed by atoms with Crippen LogP contribution in [0, 0.1) is 20.8 Å². The summed E-state index contributed by atoms with van der Waals surface area (Å²) in [4.78, 5) is 2.62. The zero-order valence-electron chi connectivity index (χ0n) is 11.5. The van der Waals surface area contributed by atoms with Crippen LogP contribution < -0.4 is 5.73 Å². The van der Waals surface area contributed by atoms with Crippen LogP contribution in [0.5, 0.6) is 0 Å². The third kappa shape index (κ3) is 2.49. The molecule has 0 radical (unpaired) electrons. The Hall–Kier alpha value is -1.13. The van der Waals surface area contributed by atoms with E-state index in [0.29, 0.717) is 0 Å². The maximum atomic E-state index is 6.31. The van der Waals surface area contributed by atoms with E-state index < -0.39 is 0 Å². The predicted molar refractivity (Wildman–Crippen MR) is 77.2 cm³/mol. The average Bonchev–Trinajstić information content (AvgIpc) is 2.86. The van der Waals surface area contributed by atoms with Crippen LogP contribution in [0.15, 0.2) is 18.2 Å². The molecule has 0 aliphatic carbocycles. The van der Waals surface area contributed by atoms with Crippen molar-refractivity contribution in [2.24, 2.45) is 5.73 Å². The number of nitrogens with zero attached hydrogens (tertiary/aromatic N) is 2. The lowest BCUT2D eigenvalue weighted by Crippen LogP contribution is -2.33. The second kappa shape index (κ2) is 5.24. The third-order valence-corrected chi connectivity index (χ3v) is 4.31. The molecular weight excluding hydrogens is 242 g/mol. The van der Waals surface area contributed by atoms with Gasteiger partial charge in [0.2, 0.25) is 0 Å². The van der Waals surface area contributed by atoms with Crippen molar-refractivity contribution in [3.63, 3.8) is 0 Å². The van der Waals surface area contributed by atoms with E-state index in [9.17, 15) is 0 Å². The van der Waals surface area contributed by atoms with Crippen molar-refractivity contribution in [2.75, 3.05) is 0 Å². The molecule has 2 aromatic rings. The molecule has 0 aliphatic heterocycles. The van der Waals surface area contributed by atoms with Crippen molar-refractivity contribution in [3.05, 3.63) is 39.3 Å². The highest BCUT2D eigenvalue weighted by Gasteiger charge is 2.24. The lowest BCUT2D eigenvalue weighted by Gasteiger charge is -2.23. The molecule has 2 heterocycles. The van der Waals surface area contributed by atoms with E-state index in [1.54, 1.807) is 0 Å². The third-order valence-electron chi connectivity index (χ3n) is 3.24. The molecule has 0 fully saturated rings. The van der Waals surface area contributed by atoms with Crippen LogP contribution in [0.2, 0.25) is 0 Å². The molecule has 18 heavy (non-hydrogen) atoms. The Labute approximate surface area is 113 Å². The molecule has 0 spiro atoms. The smallest absolute Gasteiger partial charge is 0.101 e. The summed E-state index contributed by atoms with van der Waals surface area (Å²) in [5, 5.41) is 4.61. The van der Waals surface area contributed by atoms with Crippen LogP contribution in [0.3, 0.4) is 0 Å². The van der Waals surface area contributed by atoms with Crippen LogP contribution >= 0.6 is 11.3 Å². The molecule has 2 rings (SSSR count). The van der Waals surface area contributed by atoms with Crippen molar-refractivity contribution < 1.29 is 0 Å². The minimum Gasteiger partial charge on any atom is -0.326 e. The van der Waals surface area contributed by atoms with Gasteiger partial charge in [0.25, 0.3) is 0 Å². The number of hydrogen-bond acceptors (Lipinski definition) is 3. The van der Waals surface area contributed by atoms with Gasteiger partial charge in [0.05, 0.1) is 5.69 Å². The monoisotopic (exact) mass is 263 g/mol. The fourth-order valence-corrected chi connectivity index (χ4v) is 3.32. The van der Waals surface area contributed by atoms with Gasteiger partial charge in [-0.15, -0.1) is 11.3 Å². The fraction of sp³-hybridized carbons (Fsp3) is 0.500. The van der Waals surface area contributed by atoms with Crippen molar-refractivity contribution in [1.82, 2.24) is 9.78 Å². The molecule has 0 bridgehead atoms. The van der Waals surface area contributed by atoms with Gasteiger partial charge in [0, 0.05) is 21.5 Å². The standard InChI is InChI=1S/C14H21N3S/c1-5-12(15)14(13-7-6-11(4)18-13)17-10(3)8-9(2)16-17/h6-8,12,14H,5,15H2,1-4H3. The topological polar surface area (TPSA) is 43.8 Å². The largest absolute Gasteiger partial charge is 0.326 e. The Morgan fingerprint density at radius 2 is 2.06 bits per heavy atom. The van der Waals surface area contributed by atoms with Gasteiger partial charge in [-0.25, -0.2) is 0 Å². The van der Waals surface area contributed by atoms with Crippen LogP contribution in [-0.2, 0) is 0 Å². The second-order valence-corrected chi connectivity index (χ2v) is 6.16. The Balaban J connectivity index is 2.46. The van der Waals surface area contributed by atoms with Crippen molar-refractivity contribution in [3.8, 4) is 0 Å². The first-order chi connectivity index (χ1) is 8.52. The molecule has 0 saturated heterocycles. The minimum atomic E-state index is 0.0982. The van der Waals surface area contributed by atoms with E-state index >= 15 is 0 Å². The van der Waals surface area contributed by atoms with Crippen LogP contribution in [-0.4, -0.2) is 15.8 Å². The Bertz CT molecular complexity index is 527. The number of nitrogens with two attached hydrogens (primary N) is 1. The highest BCUT2D eigenvalue weighted by molar-refractivity contribution is 7.12. The zero-order valence-corrected chi connectivity index (χ0v) is 12.3. The number of rotatable bonds is 4. The second-order valence-electron chi connectivity index (χ2n) is 4.84. The first-order valence-electron chi connectivity index (χ1n) is 6.37. The minimum absolute atomic E-state index is 0.0982. The molecule has 0 aromatic carbocycles. The fourth-order valence-electron chi connectivity index (χ4n) is 2.28. The van der Waals surface area contributed by atoms with Gasteiger partial charge >= 0.3 is 0 Å². The number of hydrogen-bond donors (Lipinski definition) is 1. The summed E-state index contributed by atoms with van der Waals surface area (Å²) in [5.41, 5.74) is 8.54. The van der Waals surface area contributed by atoms with Crippen molar-refractivity contribution in [1.29, 1.82) is 0 Å². The molecule has 0 amide bonds. The first-order valence-corrected chi connectivity index (χ1v) is 7.19. The van der Waals surface area contributed by atoms with Gasteiger partial charge in [-0.05, 0) is 45.4 Å². The Kier molecular flexibility index (Phi) is 3.88. The average molecular weight is 263 g/mol. The van der Waals surface area contributed by atoms with Gasteiger partial charge in [-0.1, -0.05) is 6.92 Å². The van der Waals surface area contributed by atoms with Crippen LogP contribution in [0.4, 0.5) is 0 Å². The first kappa shape index (κ1) is 13.3. The van der Waals surface area contributed by atoms with Crippen molar-refractivity contribution >= 4 is 11.3 Å². The summed E-state index contributed by atoms with van der Waals surface area (Å²) in [7, 11) is 0. The Morgan fingerprint density at radius 3 is 2.50 bits per heavy atom. The van der Waals surface area contributed by atoms with Gasteiger partial charge in [-0.3, -0.25) is 4.68 Å². The zero-order chi connectivity index (χ0) is 13.3. The molecule has 2 atom stereocenters. The molecule has 2 aromatic heterocycles. The summed E-state index contributed by atoms with van der Waals surface area (Å²) in [6.45, 7) is 8.38. The molecule has 98 valence electrons. The highest BCUT2D eigenvalue weighted by Crippen LogP contribution is 2.29. The molecule has 2 unspecified atom stereocenters. The predicted octanol–water partition coefficient (Wildman–Crippen LogP) is 3.20. The maximum absolute atomic E-state index is 6.31. The lowest BCUT2D eigenvalue weighted by molar-refractivity contribution is 0.421. The molecule has 2 N–H and O–H groups in total. The van der Waals surface area contributed by atoms with E-state index in [1.165, 1.54) is 15.4 Å². The molecule has 0 saturated carbocycles. The van der Waals surface area contributed by atoms with E-state index in [-0.39, 0.29) is 12.1 Å². The Morgan fingerprint density at radius 1 is 1.33 bits per heavy atom. The SMILES string of the molecule is CCC(N)C(c1ccc(C)s1)n1nc(C)cc1C. The van der Waals surface area contributed by atoms with Gasteiger partial charge in [0.15, 0.2) is 0 Å². The summed E-state index contributed by atoms with van der Waals surface area (Å²) >= 11 is 1.81. The quantitative estimate of drug-likeness (QED) is 0.920. The summed E-state index contributed by atoms with van der Waals surface area (Å²) in [5.74, 6) is 0. The molecule has 0 aliphatic rings. The van der Waals surface area contributed by atoms with Gasteiger partial charge < -0.3 is 5.73 Å². The molecular formula is C14H21N3S. The number of aromatic nitrogens is 2. The van der Waals surface area contributed by atoms with Crippen LogP contribution in [0.25, 0.3) is 0 Å². The maximum Gasteiger partial charge on any atom is 0.101 e. The van der Waals surface area contributed by atoms with Crippen molar-refractivity contribution in [2.45, 2.75) is 46.2 Å². The van der Waals surface area contributed by atoms with Crippen LogP contribution in [0.1, 0.15) is 40.5 Å². The summed E-state index contributed by atoms with van der Waals surface area (Å²) in [6, 6.07) is 6.69. The molecule has 4 heteroatoms. The normalized spacial score (nSPS) is 14.7. The van der Waals surface area contributed by atoms with E-state index in [1.807, 2.05) is 18.3 Å². The van der Waals surface area contributed by atoms with Gasteiger partial charge in [0.1, 0.15) is 6.04 Å². The lowest BCUT2D eigenvalue weighted by atomic mass is 10.1. The van der Waals surface area contributed by atoms with E-state index in [2.05, 4.69) is 48.8 Å². The van der Waals surface area contributed by atoms with E-state index in [0.717, 1.165) is 12.1 Å². The highest BCUT2D eigenvalue weighted by atomic mass is 32.1.